The number of ether oxygens (including phenoxy) is 1. The minimum absolute atomic E-state index is 0.0900. The summed E-state index contributed by atoms with van der Waals surface area (Å²) in [7, 11) is 0. The van der Waals surface area contributed by atoms with Gasteiger partial charge in [-0.25, -0.2) is 4.79 Å². The number of amides is 2. The number of rotatable bonds is 5. The van der Waals surface area contributed by atoms with Crippen LogP contribution in [0.15, 0.2) is 48.5 Å². The molecular formula is C20H24N2O3. The highest BCUT2D eigenvalue weighted by atomic mass is 16.5. The highest BCUT2D eigenvalue weighted by molar-refractivity contribution is 5.89. The monoisotopic (exact) mass is 340 g/mol. The highest BCUT2D eigenvalue weighted by Gasteiger charge is 2.25. The molecule has 0 radical (unpaired) electrons. The lowest BCUT2D eigenvalue weighted by Crippen LogP contribution is -2.33. The first kappa shape index (κ1) is 17.3. The number of aryl methyl sites for hydroxylation is 1. The van der Waals surface area contributed by atoms with Crippen LogP contribution in [0.2, 0.25) is 0 Å². The summed E-state index contributed by atoms with van der Waals surface area (Å²) in [6.07, 6.45) is 1.71. The number of likely N-dealkylation sites (tertiary alicyclic amines) is 1. The summed E-state index contributed by atoms with van der Waals surface area (Å²) in [4.78, 5) is 14.1. The quantitative estimate of drug-likeness (QED) is 0.864. The number of hydrogen-bond acceptors (Lipinski definition) is 3. The predicted molar refractivity (Wildman–Crippen MR) is 98.1 cm³/mol. The Labute approximate surface area is 148 Å². The zero-order chi connectivity index (χ0) is 17.6. The minimum atomic E-state index is -0.0900. The fourth-order valence-electron chi connectivity index (χ4n) is 3.06. The van der Waals surface area contributed by atoms with Gasteiger partial charge in [-0.15, -0.1) is 0 Å². The Hall–Kier alpha value is -2.53. The SMILES string of the molecule is Cc1cccc(Oc2ccc(NC(=O)N3CC[C@H](CCO)C3)cc2)c1. The number of benzene rings is 2. The Bertz CT molecular complexity index is 715. The van der Waals surface area contributed by atoms with E-state index in [-0.39, 0.29) is 12.6 Å². The van der Waals surface area contributed by atoms with Crippen LogP contribution >= 0.6 is 0 Å². The number of urea groups is 1. The van der Waals surface area contributed by atoms with E-state index < -0.39 is 0 Å². The van der Waals surface area contributed by atoms with Gasteiger partial charge in [0, 0.05) is 25.4 Å². The summed E-state index contributed by atoms with van der Waals surface area (Å²) in [5.41, 5.74) is 1.89. The van der Waals surface area contributed by atoms with Crippen molar-refractivity contribution in [2.75, 3.05) is 25.0 Å². The molecule has 2 aromatic carbocycles. The molecule has 1 aliphatic rings. The van der Waals surface area contributed by atoms with Crippen LogP contribution in [0, 0.1) is 12.8 Å². The molecule has 2 aromatic rings. The molecule has 25 heavy (non-hydrogen) atoms. The number of aliphatic hydroxyl groups excluding tert-OH is 1. The van der Waals surface area contributed by atoms with Crippen LogP contribution in [-0.2, 0) is 0 Å². The average molecular weight is 340 g/mol. The molecule has 0 unspecified atom stereocenters. The van der Waals surface area contributed by atoms with Crippen molar-refractivity contribution in [1.29, 1.82) is 0 Å². The predicted octanol–water partition coefficient (Wildman–Crippen LogP) is 4.02. The van der Waals surface area contributed by atoms with Crippen LogP contribution in [0.1, 0.15) is 18.4 Å². The summed E-state index contributed by atoms with van der Waals surface area (Å²) in [5.74, 6) is 1.93. The van der Waals surface area contributed by atoms with Gasteiger partial charge in [0.25, 0.3) is 0 Å². The Balaban J connectivity index is 1.55. The van der Waals surface area contributed by atoms with Crippen molar-refractivity contribution >= 4 is 11.7 Å². The molecule has 1 saturated heterocycles. The molecule has 5 heteroatoms. The summed E-state index contributed by atoms with van der Waals surface area (Å²) in [6, 6.07) is 15.1. The van der Waals surface area contributed by atoms with Crippen molar-refractivity contribution in [2.45, 2.75) is 19.8 Å². The number of carbonyl (C=O) groups is 1. The van der Waals surface area contributed by atoms with Crippen molar-refractivity contribution in [3.63, 3.8) is 0 Å². The molecule has 1 atom stereocenters. The third-order valence-electron chi connectivity index (χ3n) is 4.44. The molecule has 2 N–H and O–H groups in total. The molecule has 5 nitrogen and oxygen atoms in total. The normalized spacial score (nSPS) is 16.7. The van der Waals surface area contributed by atoms with Gasteiger partial charge in [0.2, 0.25) is 0 Å². The lowest BCUT2D eigenvalue weighted by molar-refractivity contribution is 0.217. The number of aliphatic hydroxyl groups is 1. The lowest BCUT2D eigenvalue weighted by atomic mass is 10.1. The first-order valence-corrected chi connectivity index (χ1v) is 8.65. The highest BCUT2D eigenvalue weighted by Crippen LogP contribution is 2.24. The fraction of sp³-hybridized carbons (Fsp3) is 0.350. The van der Waals surface area contributed by atoms with Gasteiger partial charge in [-0.3, -0.25) is 0 Å². The molecule has 2 amide bonds. The van der Waals surface area contributed by atoms with E-state index in [2.05, 4.69) is 5.32 Å². The van der Waals surface area contributed by atoms with Crippen LogP contribution < -0.4 is 10.1 Å². The zero-order valence-corrected chi connectivity index (χ0v) is 14.4. The summed E-state index contributed by atoms with van der Waals surface area (Å²) in [6.45, 7) is 3.66. The topological polar surface area (TPSA) is 61.8 Å². The Morgan fingerprint density at radius 1 is 1.24 bits per heavy atom. The first-order chi connectivity index (χ1) is 12.1. The Morgan fingerprint density at radius 2 is 2.04 bits per heavy atom. The second kappa shape index (κ2) is 8.03. The lowest BCUT2D eigenvalue weighted by Gasteiger charge is -2.17. The van der Waals surface area contributed by atoms with Gasteiger partial charge in [0.05, 0.1) is 0 Å². The number of nitrogens with zero attached hydrogens (tertiary/aromatic N) is 1. The number of anilines is 1. The third kappa shape index (κ3) is 4.73. The van der Waals surface area contributed by atoms with E-state index in [1.54, 1.807) is 4.90 Å². The van der Waals surface area contributed by atoms with E-state index in [4.69, 9.17) is 9.84 Å². The summed E-state index contributed by atoms with van der Waals surface area (Å²) in [5, 5.41) is 11.9. The van der Waals surface area contributed by atoms with Gasteiger partial charge in [-0.2, -0.15) is 0 Å². The third-order valence-corrected chi connectivity index (χ3v) is 4.44. The van der Waals surface area contributed by atoms with E-state index in [1.165, 1.54) is 0 Å². The number of carbonyl (C=O) groups excluding carboxylic acids is 1. The largest absolute Gasteiger partial charge is 0.457 e. The molecule has 0 bridgehead atoms. The fourth-order valence-corrected chi connectivity index (χ4v) is 3.06. The van der Waals surface area contributed by atoms with Crippen LogP contribution in [0.3, 0.4) is 0 Å². The van der Waals surface area contributed by atoms with Crippen molar-refractivity contribution in [3.8, 4) is 11.5 Å². The first-order valence-electron chi connectivity index (χ1n) is 8.65. The van der Waals surface area contributed by atoms with Crippen molar-refractivity contribution in [1.82, 2.24) is 4.90 Å². The second-order valence-electron chi connectivity index (χ2n) is 6.49. The summed E-state index contributed by atoms with van der Waals surface area (Å²) >= 11 is 0. The minimum Gasteiger partial charge on any atom is -0.457 e. The Morgan fingerprint density at radius 3 is 2.76 bits per heavy atom. The van der Waals surface area contributed by atoms with Crippen molar-refractivity contribution in [2.24, 2.45) is 5.92 Å². The van der Waals surface area contributed by atoms with Gasteiger partial charge in [0.15, 0.2) is 0 Å². The molecule has 0 aliphatic carbocycles. The standard InChI is InChI=1S/C20H24N2O3/c1-15-3-2-4-19(13-15)25-18-7-5-17(6-8-18)21-20(24)22-11-9-16(14-22)10-12-23/h2-8,13,16,23H,9-12,14H2,1H3,(H,21,24)/t16-/m1/s1. The molecule has 0 aromatic heterocycles. The van der Waals surface area contributed by atoms with E-state index in [9.17, 15) is 4.79 Å². The molecular weight excluding hydrogens is 316 g/mol. The maximum atomic E-state index is 12.3. The van der Waals surface area contributed by atoms with E-state index in [1.807, 2.05) is 55.5 Å². The number of hydrogen-bond donors (Lipinski definition) is 2. The molecule has 1 fully saturated rings. The summed E-state index contributed by atoms with van der Waals surface area (Å²) < 4.78 is 5.81. The van der Waals surface area contributed by atoms with Crippen LogP contribution in [0.25, 0.3) is 0 Å². The van der Waals surface area contributed by atoms with Gasteiger partial charge >= 0.3 is 6.03 Å². The second-order valence-corrected chi connectivity index (χ2v) is 6.49. The van der Waals surface area contributed by atoms with E-state index in [0.29, 0.717) is 12.5 Å². The number of nitrogens with one attached hydrogen (secondary N) is 1. The maximum Gasteiger partial charge on any atom is 0.321 e. The van der Waals surface area contributed by atoms with Crippen LogP contribution in [-0.4, -0.2) is 35.7 Å². The molecule has 1 aliphatic heterocycles. The molecule has 0 saturated carbocycles. The maximum absolute atomic E-state index is 12.3. The van der Waals surface area contributed by atoms with Gasteiger partial charge in [-0.05, 0) is 67.6 Å². The van der Waals surface area contributed by atoms with Gasteiger partial charge in [0.1, 0.15) is 11.5 Å². The van der Waals surface area contributed by atoms with Crippen molar-refractivity contribution in [3.05, 3.63) is 54.1 Å². The van der Waals surface area contributed by atoms with E-state index >= 15 is 0 Å². The molecule has 3 rings (SSSR count). The van der Waals surface area contributed by atoms with Gasteiger partial charge in [-0.1, -0.05) is 12.1 Å². The van der Waals surface area contributed by atoms with Crippen LogP contribution in [0.5, 0.6) is 11.5 Å². The molecule has 1 heterocycles. The Kier molecular flexibility index (Phi) is 5.56. The molecule has 0 spiro atoms. The zero-order valence-electron chi connectivity index (χ0n) is 14.4. The molecule has 132 valence electrons. The van der Waals surface area contributed by atoms with Crippen molar-refractivity contribution < 1.29 is 14.6 Å². The smallest absolute Gasteiger partial charge is 0.321 e. The van der Waals surface area contributed by atoms with Gasteiger partial charge < -0.3 is 20.1 Å². The average Bonchev–Trinajstić information content (AvgIpc) is 3.06. The van der Waals surface area contributed by atoms with E-state index in [0.717, 1.165) is 42.1 Å². The van der Waals surface area contributed by atoms with Crippen LogP contribution in [0.4, 0.5) is 10.5 Å².